The maximum Gasteiger partial charge on any atom is 0.119 e. The number of halogens is 2. The maximum atomic E-state index is 6.28. The standard InChI is InChI=1S/C16H25ClN2O.ClH/c1-3-18-11-13-6-8-19(9-7-13)12-14-10-15(20-2)4-5-16(14)17;/h4-5,10,13,18H,3,6-9,11-12H2,1-2H3;1H. The first-order valence-corrected chi connectivity index (χ1v) is 7.86. The number of rotatable bonds is 6. The smallest absolute Gasteiger partial charge is 0.119 e. The SMILES string of the molecule is CCNCC1CCN(Cc2cc(OC)ccc2Cl)CC1.Cl. The van der Waals surface area contributed by atoms with Crippen LogP contribution in [0.2, 0.25) is 5.02 Å². The third kappa shape index (κ3) is 5.67. The highest BCUT2D eigenvalue weighted by Gasteiger charge is 2.19. The molecule has 21 heavy (non-hydrogen) atoms. The van der Waals surface area contributed by atoms with Gasteiger partial charge in [-0.1, -0.05) is 18.5 Å². The Bertz CT molecular complexity index is 421. The quantitative estimate of drug-likeness (QED) is 0.861. The lowest BCUT2D eigenvalue weighted by Crippen LogP contribution is -2.36. The molecule has 0 bridgehead atoms. The van der Waals surface area contributed by atoms with Gasteiger partial charge in [0.25, 0.3) is 0 Å². The van der Waals surface area contributed by atoms with Gasteiger partial charge in [-0.15, -0.1) is 12.4 Å². The van der Waals surface area contributed by atoms with Crippen LogP contribution in [0.5, 0.6) is 5.75 Å². The summed E-state index contributed by atoms with van der Waals surface area (Å²) in [4.78, 5) is 2.49. The second kappa shape index (κ2) is 9.52. The van der Waals surface area contributed by atoms with Gasteiger partial charge < -0.3 is 10.1 Å². The third-order valence-corrected chi connectivity index (χ3v) is 4.41. The van der Waals surface area contributed by atoms with E-state index in [1.54, 1.807) is 7.11 Å². The van der Waals surface area contributed by atoms with E-state index in [1.807, 2.05) is 18.2 Å². The lowest BCUT2D eigenvalue weighted by atomic mass is 9.96. The molecule has 3 nitrogen and oxygen atoms in total. The summed E-state index contributed by atoms with van der Waals surface area (Å²) in [6.07, 6.45) is 2.54. The number of hydrogen-bond acceptors (Lipinski definition) is 3. The van der Waals surface area contributed by atoms with Crippen molar-refractivity contribution >= 4 is 24.0 Å². The fourth-order valence-electron chi connectivity index (χ4n) is 2.74. The van der Waals surface area contributed by atoms with Crippen molar-refractivity contribution in [2.45, 2.75) is 26.3 Å². The van der Waals surface area contributed by atoms with E-state index in [1.165, 1.54) is 12.8 Å². The number of piperidine rings is 1. The van der Waals surface area contributed by atoms with E-state index >= 15 is 0 Å². The van der Waals surface area contributed by atoms with Gasteiger partial charge in [-0.05, 0) is 68.7 Å². The molecule has 1 aromatic rings. The van der Waals surface area contributed by atoms with E-state index in [-0.39, 0.29) is 12.4 Å². The van der Waals surface area contributed by atoms with Gasteiger partial charge in [0.05, 0.1) is 7.11 Å². The first kappa shape index (κ1) is 18.6. The Balaban J connectivity index is 0.00000220. The van der Waals surface area contributed by atoms with Gasteiger partial charge in [-0.25, -0.2) is 0 Å². The summed E-state index contributed by atoms with van der Waals surface area (Å²) >= 11 is 6.28. The molecule has 0 amide bonds. The number of hydrogen-bond donors (Lipinski definition) is 1. The Hall–Kier alpha value is -0.480. The molecule has 0 aromatic heterocycles. The lowest BCUT2D eigenvalue weighted by molar-refractivity contribution is 0.176. The van der Waals surface area contributed by atoms with Crippen molar-refractivity contribution in [1.82, 2.24) is 10.2 Å². The van der Waals surface area contributed by atoms with Crippen molar-refractivity contribution < 1.29 is 4.74 Å². The summed E-state index contributed by atoms with van der Waals surface area (Å²) in [5.41, 5.74) is 1.16. The van der Waals surface area contributed by atoms with E-state index in [0.717, 1.165) is 55.0 Å². The van der Waals surface area contributed by atoms with Gasteiger partial charge in [-0.2, -0.15) is 0 Å². The monoisotopic (exact) mass is 332 g/mol. The molecule has 1 aliphatic heterocycles. The van der Waals surface area contributed by atoms with Crippen LogP contribution in [-0.2, 0) is 6.54 Å². The topological polar surface area (TPSA) is 24.5 Å². The zero-order valence-corrected chi connectivity index (χ0v) is 14.5. The minimum atomic E-state index is 0. The summed E-state index contributed by atoms with van der Waals surface area (Å²) in [5, 5.41) is 4.28. The zero-order valence-electron chi connectivity index (χ0n) is 12.9. The Morgan fingerprint density at radius 2 is 2.05 bits per heavy atom. The van der Waals surface area contributed by atoms with Gasteiger partial charge in [0, 0.05) is 11.6 Å². The molecule has 5 heteroatoms. The summed E-state index contributed by atoms with van der Waals surface area (Å²) in [6, 6.07) is 5.88. The molecular weight excluding hydrogens is 307 g/mol. The van der Waals surface area contributed by atoms with Crippen molar-refractivity contribution in [2.24, 2.45) is 5.92 Å². The second-order valence-corrected chi connectivity index (χ2v) is 5.89. The fourth-order valence-corrected chi connectivity index (χ4v) is 2.91. The summed E-state index contributed by atoms with van der Waals surface area (Å²) < 4.78 is 5.27. The van der Waals surface area contributed by atoms with E-state index in [4.69, 9.17) is 16.3 Å². The van der Waals surface area contributed by atoms with Crippen molar-refractivity contribution in [1.29, 1.82) is 0 Å². The van der Waals surface area contributed by atoms with Crippen molar-refractivity contribution in [3.63, 3.8) is 0 Å². The van der Waals surface area contributed by atoms with Crippen LogP contribution in [-0.4, -0.2) is 38.2 Å². The largest absolute Gasteiger partial charge is 0.497 e. The number of nitrogens with one attached hydrogen (secondary N) is 1. The summed E-state index contributed by atoms with van der Waals surface area (Å²) in [7, 11) is 1.69. The molecule has 1 aromatic carbocycles. The number of likely N-dealkylation sites (tertiary alicyclic amines) is 1. The molecule has 1 saturated heterocycles. The molecule has 1 fully saturated rings. The molecule has 2 rings (SSSR count). The minimum Gasteiger partial charge on any atom is -0.497 e. The van der Waals surface area contributed by atoms with Crippen LogP contribution in [0.3, 0.4) is 0 Å². The van der Waals surface area contributed by atoms with Gasteiger partial charge in [0.1, 0.15) is 5.75 Å². The molecule has 1 aliphatic rings. The molecule has 0 aliphatic carbocycles. The normalized spacial score (nSPS) is 16.5. The van der Waals surface area contributed by atoms with Gasteiger partial charge >= 0.3 is 0 Å². The molecule has 1 heterocycles. The third-order valence-electron chi connectivity index (χ3n) is 4.04. The Morgan fingerprint density at radius 3 is 2.67 bits per heavy atom. The van der Waals surface area contributed by atoms with Gasteiger partial charge in [0.15, 0.2) is 0 Å². The van der Waals surface area contributed by atoms with Crippen LogP contribution in [0, 0.1) is 5.92 Å². The van der Waals surface area contributed by atoms with Crippen molar-refractivity contribution in [2.75, 3.05) is 33.3 Å². The molecule has 1 N–H and O–H groups in total. The molecular formula is C16H26Cl2N2O. The van der Waals surface area contributed by atoms with Crippen LogP contribution in [0.1, 0.15) is 25.3 Å². The maximum absolute atomic E-state index is 6.28. The van der Waals surface area contributed by atoms with E-state index in [9.17, 15) is 0 Å². The summed E-state index contributed by atoms with van der Waals surface area (Å²) in [5.74, 6) is 1.71. The second-order valence-electron chi connectivity index (χ2n) is 5.48. The Morgan fingerprint density at radius 1 is 1.33 bits per heavy atom. The number of nitrogens with zero attached hydrogens (tertiary/aromatic N) is 1. The van der Waals surface area contributed by atoms with E-state index < -0.39 is 0 Å². The molecule has 0 spiro atoms. The highest BCUT2D eigenvalue weighted by Crippen LogP contribution is 2.25. The molecule has 0 unspecified atom stereocenters. The minimum absolute atomic E-state index is 0. The van der Waals surface area contributed by atoms with Crippen LogP contribution in [0.25, 0.3) is 0 Å². The predicted octanol–water partition coefficient (Wildman–Crippen LogP) is 3.59. The Labute approximate surface area is 139 Å². The number of methoxy groups -OCH3 is 1. The fraction of sp³-hybridized carbons (Fsp3) is 0.625. The van der Waals surface area contributed by atoms with Crippen LogP contribution < -0.4 is 10.1 Å². The predicted molar refractivity (Wildman–Crippen MR) is 91.8 cm³/mol. The molecule has 120 valence electrons. The first-order chi connectivity index (χ1) is 9.72. The number of benzene rings is 1. The zero-order chi connectivity index (χ0) is 14.4. The highest BCUT2D eigenvalue weighted by atomic mass is 35.5. The molecule has 0 saturated carbocycles. The van der Waals surface area contributed by atoms with Gasteiger partial charge in [-0.3, -0.25) is 4.90 Å². The molecule has 0 radical (unpaired) electrons. The van der Waals surface area contributed by atoms with Crippen molar-refractivity contribution in [3.8, 4) is 5.75 Å². The van der Waals surface area contributed by atoms with E-state index in [0.29, 0.717) is 0 Å². The molecule has 0 atom stereocenters. The first-order valence-electron chi connectivity index (χ1n) is 7.48. The average molecular weight is 333 g/mol. The number of ether oxygens (including phenoxy) is 1. The Kier molecular flexibility index (Phi) is 8.42. The van der Waals surface area contributed by atoms with Gasteiger partial charge in [0.2, 0.25) is 0 Å². The highest BCUT2D eigenvalue weighted by molar-refractivity contribution is 6.31. The average Bonchev–Trinajstić information content (AvgIpc) is 2.49. The van der Waals surface area contributed by atoms with Crippen LogP contribution in [0.4, 0.5) is 0 Å². The van der Waals surface area contributed by atoms with Crippen LogP contribution >= 0.6 is 24.0 Å². The van der Waals surface area contributed by atoms with Crippen LogP contribution in [0.15, 0.2) is 18.2 Å². The lowest BCUT2D eigenvalue weighted by Gasteiger charge is -2.32. The summed E-state index contributed by atoms with van der Waals surface area (Å²) in [6.45, 7) is 7.63. The van der Waals surface area contributed by atoms with E-state index in [2.05, 4.69) is 17.1 Å². The van der Waals surface area contributed by atoms with Crippen molar-refractivity contribution in [3.05, 3.63) is 28.8 Å².